The zero-order chi connectivity index (χ0) is 14.4. The van der Waals surface area contributed by atoms with Crippen molar-refractivity contribution >= 4 is 5.97 Å². The average molecular weight is 260 g/mol. The van der Waals surface area contributed by atoms with Crippen molar-refractivity contribution in [2.45, 2.75) is 27.3 Å². The summed E-state index contributed by atoms with van der Waals surface area (Å²) in [6.45, 7) is 7.47. The maximum absolute atomic E-state index is 10.9. The summed E-state index contributed by atoms with van der Waals surface area (Å²) in [5.74, 6) is -0.398. The topological polar surface area (TPSA) is 64.3 Å². The van der Waals surface area contributed by atoms with Gasteiger partial charge in [-0.1, -0.05) is 19.9 Å². The number of aryl methyl sites for hydroxylation is 1. The van der Waals surface area contributed by atoms with Crippen LogP contribution < -0.4 is 0 Å². The van der Waals surface area contributed by atoms with E-state index in [4.69, 9.17) is 10.4 Å². The number of nitriles is 1. The predicted octanol–water partition coefficient (Wildman–Crippen LogP) is 2.41. The molecule has 0 bridgehead atoms. The van der Waals surface area contributed by atoms with Crippen LogP contribution in [-0.2, 0) is 11.3 Å². The third kappa shape index (κ3) is 5.11. The van der Waals surface area contributed by atoms with Crippen molar-refractivity contribution < 1.29 is 9.90 Å². The SMILES string of the molecule is Cc1cc(C#N)ccc1CN(CC(=O)O)CC(C)C. The molecule has 102 valence electrons. The highest BCUT2D eigenvalue weighted by Gasteiger charge is 2.13. The molecule has 0 amide bonds. The molecular formula is C15H20N2O2. The second-order valence-electron chi connectivity index (χ2n) is 5.21. The first-order valence-corrected chi connectivity index (χ1v) is 6.36. The highest BCUT2D eigenvalue weighted by molar-refractivity contribution is 5.69. The number of aliphatic carboxylic acids is 1. The molecule has 0 saturated heterocycles. The van der Waals surface area contributed by atoms with Crippen molar-refractivity contribution in [1.29, 1.82) is 5.26 Å². The fourth-order valence-corrected chi connectivity index (χ4v) is 2.08. The number of hydrogen-bond donors (Lipinski definition) is 1. The minimum Gasteiger partial charge on any atom is -0.480 e. The molecule has 1 N–H and O–H groups in total. The zero-order valence-electron chi connectivity index (χ0n) is 11.7. The van der Waals surface area contributed by atoms with Crippen LogP contribution in [0.25, 0.3) is 0 Å². The Morgan fingerprint density at radius 1 is 1.47 bits per heavy atom. The van der Waals surface area contributed by atoms with Crippen LogP contribution in [0.15, 0.2) is 18.2 Å². The van der Waals surface area contributed by atoms with Gasteiger partial charge < -0.3 is 5.11 Å². The molecule has 1 rings (SSSR count). The van der Waals surface area contributed by atoms with Crippen LogP contribution >= 0.6 is 0 Å². The third-order valence-electron chi connectivity index (χ3n) is 2.85. The van der Waals surface area contributed by atoms with Gasteiger partial charge in [-0.15, -0.1) is 0 Å². The molecule has 0 aromatic heterocycles. The van der Waals surface area contributed by atoms with Gasteiger partial charge in [0.25, 0.3) is 0 Å². The van der Waals surface area contributed by atoms with Crippen molar-refractivity contribution in [3.63, 3.8) is 0 Å². The number of nitrogens with zero attached hydrogens (tertiary/aromatic N) is 2. The summed E-state index contributed by atoms with van der Waals surface area (Å²) in [5, 5.41) is 17.8. The van der Waals surface area contributed by atoms with E-state index in [0.717, 1.165) is 17.7 Å². The summed E-state index contributed by atoms with van der Waals surface area (Å²) < 4.78 is 0. The van der Waals surface area contributed by atoms with Crippen LogP contribution in [0.3, 0.4) is 0 Å². The Bertz CT molecular complexity index is 489. The summed E-state index contributed by atoms with van der Waals surface area (Å²) >= 11 is 0. The van der Waals surface area contributed by atoms with E-state index in [1.165, 1.54) is 0 Å². The Morgan fingerprint density at radius 3 is 2.63 bits per heavy atom. The molecule has 0 unspecified atom stereocenters. The monoisotopic (exact) mass is 260 g/mol. The quantitative estimate of drug-likeness (QED) is 0.853. The van der Waals surface area contributed by atoms with Crippen molar-refractivity contribution in [2.24, 2.45) is 5.92 Å². The summed E-state index contributed by atoms with van der Waals surface area (Å²) in [5.41, 5.74) is 2.73. The fourth-order valence-electron chi connectivity index (χ4n) is 2.08. The first-order chi connectivity index (χ1) is 8.92. The summed E-state index contributed by atoms with van der Waals surface area (Å²) in [7, 11) is 0. The average Bonchev–Trinajstić information content (AvgIpc) is 2.30. The van der Waals surface area contributed by atoms with Gasteiger partial charge in [-0.2, -0.15) is 5.26 Å². The van der Waals surface area contributed by atoms with Gasteiger partial charge in [0.05, 0.1) is 18.2 Å². The number of carboxylic acids is 1. The molecule has 4 heteroatoms. The highest BCUT2D eigenvalue weighted by atomic mass is 16.4. The van der Waals surface area contributed by atoms with E-state index >= 15 is 0 Å². The molecule has 0 atom stereocenters. The van der Waals surface area contributed by atoms with E-state index in [1.807, 2.05) is 24.0 Å². The smallest absolute Gasteiger partial charge is 0.317 e. The number of carboxylic acid groups (broad SMARTS) is 1. The minimum absolute atomic E-state index is 0.0393. The van der Waals surface area contributed by atoms with Crippen LogP contribution in [-0.4, -0.2) is 29.1 Å². The van der Waals surface area contributed by atoms with Crippen molar-refractivity contribution in [1.82, 2.24) is 4.90 Å². The largest absolute Gasteiger partial charge is 0.480 e. The van der Waals surface area contributed by atoms with Gasteiger partial charge in [-0.05, 0) is 36.1 Å². The lowest BCUT2D eigenvalue weighted by Crippen LogP contribution is -2.32. The van der Waals surface area contributed by atoms with E-state index in [-0.39, 0.29) is 6.54 Å². The van der Waals surface area contributed by atoms with Crippen LogP contribution in [0, 0.1) is 24.2 Å². The highest BCUT2D eigenvalue weighted by Crippen LogP contribution is 2.14. The Morgan fingerprint density at radius 2 is 2.16 bits per heavy atom. The number of rotatable bonds is 6. The van der Waals surface area contributed by atoms with Crippen LogP contribution in [0.1, 0.15) is 30.5 Å². The van der Waals surface area contributed by atoms with E-state index in [0.29, 0.717) is 18.0 Å². The van der Waals surface area contributed by atoms with Gasteiger partial charge in [-0.25, -0.2) is 0 Å². The lowest BCUT2D eigenvalue weighted by atomic mass is 10.0. The standard InChI is InChI=1S/C15H20N2O2/c1-11(2)8-17(10-15(18)19)9-14-5-4-13(7-16)6-12(14)3/h4-6,11H,8-10H2,1-3H3,(H,18,19). The molecule has 0 heterocycles. The Balaban J connectivity index is 2.83. The Hall–Kier alpha value is -1.86. The molecule has 0 radical (unpaired) electrons. The molecule has 0 spiro atoms. The molecule has 0 aliphatic rings. The normalized spacial score (nSPS) is 10.7. The molecule has 1 aromatic rings. The minimum atomic E-state index is -0.813. The Kier molecular flexibility index (Phi) is 5.53. The second kappa shape index (κ2) is 6.91. The summed E-state index contributed by atoms with van der Waals surface area (Å²) in [4.78, 5) is 12.8. The molecule has 0 fully saturated rings. The fraction of sp³-hybridized carbons (Fsp3) is 0.467. The van der Waals surface area contributed by atoms with Gasteiger partial charge in [0.15, 0.2) is 0 Å². The number of carbonyl (C=O) groups is 1. The van der Waals surface area contributed by atoms with Gasteiger partial charge in [-0.3, -0.25) is 9.69 Å². The van der Waals surface area contributed by atoms with Crippen molar-refractivity contribution in [3.8, 4) is 6.07 Å². The number of hydrogen-bond acceptors (Lipinski definition) is 3. The summed E-state index contributed by atoms with van der Waals surface area (Å²) in [6.07, 6.45) is 0. The van der Waals surface area contributed by atoms with Crippen LogP contribution in [0.5, 0.6) is 0 Å². The van der Waals surface area contributed by atoms with Gasteiger partial charge >= 0.3 is 5.97 Å². The second-order valence-corrected chi connectivity index (χ2v) is 5.21. The van der Waals surface area contributed by atoms with Crippen molar-refractivity contribution in [2.75, 3.05) is 13.1 Å². The predicted molar refractivity (Wildman–Crippen MR) is 73.6 cm³/mol. The Labute approximate surface area is 114 Å². The van der Waals surface area contributed by atoms with E-state index in [1.54, 1.807) is 6.07 Å². The maximum Gasteiger partial charge on any atom is 0.317 e. The molecule has 1 aromatic carbocycles. The maximum atomic E-state index is 10.9. The summed E-state index contributed by atoms with van der Waals surface area (Å²) in [6, 6.07) is 7.62. The molecular weight excluding hydrogens is 240 g/mol. The molecule has 0 aliphatic heterocycles. The lowest BCUT2D eigenvalue weighted by molar-refractivity contribution is -0.138. The van der Waals surface area contributed by atoms with Gasteiger partial charge in [0.1, 0.15) is 0 Å². The van der Waals surface area contributed by atoms with E-state index in [9.17, 15) is 4.79 Å². The molecule has 0 saturated carbocycles. The van der Waals surface area contributed by atoms with Crippen LogP contribution in [0.2, 0.25) is 0 Å². The van der Waals surface area contributed by atoms with E-state index < -0.39 is 5.97 Å². The molecule has 4 nitrogen and oxygen atoms in total. The van der Waals surface area contributed by atoms with E-state index in [2.05, 4.69) is 19.9 Å². The molecule has 19 heavy (non-hydrogen) atoms. The van der Waals surface area contributed by atoms with Crippen LogP contribution in [0.4, 0.5) is 0 Å². The zero-order valence-corrected chi connectivity index (χ0v) is 11.7. The van der Waals surface area contributed by atoms with Gasteiger partial charge in [0.2, 0.25) is 0 Å². The molecule has 0 aliphatic carbocycles. The first-order valence-electron chi connectivity index (χ1n) is 6.36. The first kappa shape index (κ1) is 15.2. The lowest BCUT2D eigenvalue weighted by Gasteiger charge is -2.23. The number of benzene rings is 1. The van der Waals surface area contributed by atoms with Gasteiger partial charge in [0, 0.05) is 13.1 Å². The third-order valence-corrected chi connectivity index (χ3v) is 2.85. The van der Waals surface area contributed by atoms with Crippen molar-refractivity contribution in [3.05, 3.63) is 34.9 Å².